The van der Waals surface area contributed by atoms with E-state index in [2.05, 4.69) is 0 Å². The molecule has 2 unspecified atom stereocenters. The maximum Gasteiger partial charge on any atom is 0.227 e. The van der Waals surface area contributed by atoms with Gasteiger partial charge in [0, 0.05) is 19.6 Å². The molecule has 0 saturated heterocycles. The Bertz CT molecular complexity index is 394. The van der Waals surface area contributed by atoms with Crippen molar-refractivity contribution < 1.29 is 9.53 Å². The number of rotatable bonds is 6. The Hall–Kier alpha value is -1.55. The Balaban J connectivity index is 1.62. The van der Waals surface area contributed by atoms with Gasteiger partial charge in [-0.2, -0.15) is 0 Å². The zero-order valence-corrected chi connectivity index (χ0v) is 10.7. The number of hydrogen-bond acceptors (Lipinski definition) is 3. The lowest BCUT2D eigenvalue weighted by Crippen LogP contribution is -2.31. The summed E-state index contributed by atoms with van der Waals surface area (Å²) in [6, 6.07) is 9.79. The summed E-state index contributed by atoms with van der Waals surface area (Å²) >= 11 is 0. The molecule has 2 rings (SSSR count). The van der Waals surface area contributed by atoms with E-state index in [1.54, 1.807) is 4.90 Å². The molecule has 0 aliphatic heterocycles. The van der Waals surface area contributed by atoms with Gasteiger partial charge in [0.15, 0.2) is 0 Å². The summed E-state index contributed by atoms with van der Waals surface area (Å²) in [5, 5.41) is 0. The van der Waals surface area contributed by atoms with Crippen LogP contribution in [0.1, 0.15) is 12.8 Å². The second kappa shape index (κ2) is 5.87. The number of para-hydroxylation sites is 1. The van der Waals surface area contributed by atoms with Crippen molar-refractivity contribution >= 4 is 5.91 Å². The summed E-state index contributed by atoms with van der Waals surface area (Å²) in [7, 11) is 1.83. The molecule has 1 aliphatic rings. The van der Waals surface area contributed by atoms with Gasteiger partial charge in [-0.05, 0) is 25.0 Å². The molecule has 1 aliphatic carbocycles. The summed E-state index contributed by atoms with van der Waals surface area (Å²) in [5.74, 6) is 1.10. The summed E-state index contributed by atoms with van der Waals surface area (Å²) in [4.78, 5) is 13.5. The van der Waals surface area contributed by atoms with E-state index in [0.717, 1.165) is 25.1 Å². The molecule has 1 aromatic rings. The van der Waals surface area contributed by atoms with Gasteiger partial charge in [-0.25, -0.2) is 0 Å². The lowest BCUT2D eigenvalue weighted by molar-refractivity contribution is -0.131. The first-order valence-electron chi connectivity index (χ1n) is 6.37. The van der Waals surface area contributed by atoms with Crippen LogP contribution in [0.4, 0.5) is 0 Å². The Morgan fingerprint density at radius 3 is 2.72 bits per heavy atom. The van der Waals surface area contributed by atoms with Crippen molar-refractivity contribution in [1.82, 2.24) is 4.90 Å². The number of amides is 1. The molecular weight excluding hydrogens is 228 g/mol. The number of hydrogen-bond donors (Lipinski definition) is 1. The lowest BCUT2D eigenvalue weighted by atomic mass is 10.3. The van der Waals surface area contributed by atoms with Crippen LogP contribution in [0, 0.1) is 5.92 Å². The molecule has 0 heterocycles. The zero-order chi connectivity index (χ0) is 13.0. The largest absolute Gasteiger partial charge is 0.494 e. The van der Waals surface area contributed by atoms with Crippen molar-refractivity contribution in [3.63, 3.8) is 0 Å². The monoisotopic (exact) mass is 248 g/mol. The molecule has 18 heavy (non-hydrogen) atoms. The second-order valence-electron chi connectivity index (χ2n) is 4.78. The van der Waals surface area contributed by atoms with Gasteiger partial charge in [0.1, 0.15) is 5.75 Å². The fraction of sp³-hybridized carbons (Fsp3) is 0.500. The molecule has 1 fully saturated rings. The molecule has 0 radical (unpaired) electrons. The van der Waals surface area contributed by atoms with Crippen molar-refractivity contribution in [1.29, 1.82) is 0 Å². The Labute approximate surface area is 108 Å². The highest BCUT2D eigenvalue weighted by atomic mass is 16.5. The molecule has 0 aromatic heterocycles. The molecule has 1 saturated carbocycles. The molecule has 0 spiro atoms. The number of carbonyl (C=O) groups excluding carboxylic acids is 1. The van der Waals surface area contributed by atoms with Crippen LogP contribution in [-0.4, -0.2) is 37.0 Å². The van der Waals surface area contributed by atoms with Crippen molar-refractivity contribution in [2.45, 2.75) is 18.9 Å². The van der Waals surface area contributed by atoms with Gasteiger partial charge in [-0.3, -0.25) is 4.79 Å². The minimum absolute atomic E-state index is 0.0602. The Morgan fingerprint density at radius 1 is 1.44 bits per heavy atom. The van der Waals surface area contributed by atoms with Gasteiger partial charge in [-0.1, -0.05) is 18.2 Å². The van der Waals surface area contributed by atoms with Gasteiger partial charge in [0.05, 0.1) is 12.5 Å². The Kier molecular flexibility index (Phi) is 4.20. The third-order valence-corrected chi connectivity index (χ3v) is 3.18. The van der Waals surface area contributed by atoms with Crippen LogP contribution in [0.3, 0.4) is 0 Å². The number of ether oxygens (including phenoxy) is 1. The third kappa shape index (κ3) is 3.47. The van der Waals surface area contributed by atoms with Crippen molar-refractivity contribution in [3.8, 4) is 5.75 Å². The van der Waals surface area contributed by atoms with Crippen LogP contribution < -0.4 is 10.5 Å². The third-order valence-electron chi connectivity index (χ3n) is 3.18. The SMILES string of the molecule is CN(CCCOc1ccccc1)C(=O)C1CC1N. The maximum absolute atomic E-state index is 11.8. The van der Waals surface area contributed by atoms with Crippen LogP contribution in [-0.2, 0) is 4.79 Å². The highest BCUT2D eigenvalue weighted by Gasteiger charge is 2.41. The van der Waals surface area contributed by atoms with Gasteiger partial charge >= 0.3 is 0 Å². The predicted molar refractivity (Wildman–Crippen MR) is 70.3 cm³/mol. The summed E-state index contributed by atoms with van der Waals surface area (Å²) in [6.07, 6.45) is 1.67. The summed E-state index contributed by atoms with van der Waals surface area (Å²) in [6.45, 7) is 1.34. The van der Waals surface area contributed by atoms with E-state index in [-0.39, 0.29) is 17.9 Å². The number of benzene rings is 1. The fourth-order valence-corrected chi connectivity index (χ4v) is 1.90. The summed E-state index contributed by atoms with van der Waals surface area (Å²) in [5.41, 5.74) is 5.66. The molecule has 0 bridgehead atoms. The van der Waals surface area contributed by atoms with Crippen LogP contribution >= 0.6 is 0 Å². The van der Waals surface area contributed by atoms with Gasteiger partial charge in [-0.15, -0.1) is 0 Å². The normalized spacial score (nSPS) is 21.4. The molecule has 2 N–H and O–H groups in total. The number of nitrogens with two attached hydrogens (primary N) is 1. The smallest absolute Gasteiger partial charge is 0.227 e. The number of carbonyl (C=O) groups is 1. The molecule has 1 amide bonds. The molecule has 2 atom stereocenters. The molecule has 4 heteroatoms. The maximum atomic E-state index is 11.8. The van der Waals surface area contributed by atoms with Gasteiger partial charge in [0.25, 0.3) is 0 Å². The average Bonchev–Trinajstić information content (AvgIpc) is 3.12. The standard InChI is InChI=1S/C14H20N2O2/c1-16(14(17)12-10-13(12)15)8-5-9-18-11-6-3-2-4-7-11/h2-4,6-7,12-13H,5,8-10,15H2,1H3. The lowest BCUT2D eigenvalue weighted by Gasteiger charge is -2.17. The van der Waals surface area contributed by atoms with Crippen LogP contribution in [0.2, 0.25) is 0 Å². The Morgan fingerprint density at radius 2 is 2.11 bits per heavy atom. The second-order valence-corrected chi connectivity index (χ2v) is 4.78. The van der Waals surface area contributed by atoms with E-state index < -0.39 is 0 Å². The highest BCUT2D eigenvalue weighted by molar-refractivity contribution is 5.82. The van der Waals surface area contributed by atoms with Gasteiger partial charge in [0.2, 0.25) is 5.91 Å². The van der Waals surface area contributed by atoms with Crippen LogP contribution in [0.25, 0.3) is 0 Å². The van der Waals surface area contributed by atoms with Crippen LogP contribution in [0.5, 0.6) is 5.75 Å². The van der Waals surface area contributed by atoms with E-state index in [0.29, 0.717) is 6.61 Å². The van der Waals surface area contributed by atoms with Crippen molar-refractivity contribution in [2.75, 3.05) is 20.2 Å². The van der Waals surface area contributed by atoms with E-state index in [1.807, 2.05) is 37.4 Å². The molecule has 4 nitrogen and oxygen atoms in total. The molecule has 1 aromatic carbocycles. The van der Waals surface area contributed by atoms with E-state index in [4.69, 9.17) is 10.5 Å². The van der Waals surface area contributed by atoms with E-state index >= 15 is 0 Å². The first-order valence-corrected chi connectivity index (χ1v) is 6.37. The minimum atomic E-state index is 0.0602. The first kappa shape index (κ1) is 12.9. The van der Waals surface area contributed by atoms with Gasteiger partial charge < -0.3 is 15.4 Å². The first-order chi connectivity index (χ1) is 8.68. The topological polar surface area (TPSA) is 55.6 Å². The fourth-order valence-electron chi connectivity index (χ4n) is 1.90. The van der Waals surface area contributed by atoms with E-state index in [1.165, 1.54) is 0 Å². The highest BCUT2D eigenvalue weighted by Crippen LogP contribution is 2.29. The minimum Gasteiger partial charge on any atom is -0.494 e. The zero-order valence-electron chi connectivity index (χ0n) is 10.7. The van der Waals surface area contributed by atoms with Crippen molar-refractivity contribution in [2.24, 2.45) is 11.7 Å². The number of nitrogens with zero attached hydrogens (tertiary/aromatic N) is 1. The van der Waals surface area contributed by atoms with Crippen LogP contribution in [0.15, 0.2) is 30.3 Å². The van der Waals surface area contributed by atoms with Crippen molar-refractivity contribution in [3.05, 3.63) is 30.3 Å². The summed E-state index contributed by atoms with van der Waals surface area (Å²) < 4.78 is 5.57. The predicted octanol–water partition coefficient (Wildman–Crippen LogP) is 1.26. The molecule has 98 valence electrons. The average molecular weight is 248 g/mol. The van der Waals surface area contributed by atoms with E-state index in [9.17, 15) is 4.79 Å². The quantitative estimate of drug-likeness (QED) is 0.771. The molecular formula is C14H20N2O2.